The van der Waals surface area contributed by atoms with Crippen molar-refractivity contribution in [3.05, 3.63) is 486 Å². The first-order chi connectivity index (χ1) is 67.8. The zero-order valence-electron chi connectivity index (χ0n) is 74.0. The second-order valence-electron chi connectivity index (χ2n) is 33.4. The maximum absolute atomic E-state index is 6.33. The lowest BCUT2D eigenvalue weighted by molar-refractivity contribution is 0.670. The molecular formula is C124H80N12O. The topological polar surface area (TPSA) is 168 Å². The molecule has 0 fully saturated rings. The molecule has 0 aliphatic rings. The minimum Gasteiger partial charge on any atom is -0.455 e. The van der Waals surface area contributed by atoms with Crippen LogP contribution >= 0.6 is 0 Å². The Hall–Kier alpha value is -18.7. The summed E-state index contributed by atoms with van der Waals surface area (Å²) >= 11 is 0. The third-order valence-corrected chi connectivity index (χ3v) is 24.7. The van der Waals surface area contributed by atoms with Gasteiger partial charge in [0.1, 0.15) is 11.2 Å². The molecule has 0 atom stereocenters. The third kappa shape index (κ3) is 17.4. The van der Waals surface area contributed by atoms with Gasteiger partial charge in [0.05, 0.1) is 45.2 Å². The van der Waals surface area contributed by atoms with Gasteiger partial charge in [-0.2, -0.15) is 0 Å². The molecular weight excluding hydrogens is 1670 g/mol. The fraction of sp³-hybridized carbons (Fsp3) is 0. The molecule has 0 aliphatic carbocycles. The van der Waals surface area contributed by atoms with E-state index in [1.165, 1.54) is 21.5 Å². The summed E-state index contributed by atoms with van der Waals surface area (Å²) in [6, 6.07) is 158. The zero-order chi connectivity index (χ0) is 91.2. The van der Waals surface area contributed by atoms with Crippen LogP contribution in [0.1, 0.15) is 0 Å². The van der Waals surface area contributed by atoms with Crippen LogP contribution in [0.25, 0.3) is 246 Å². The first-order valence-corrected chi connectivity index (χ1v) is 45.5. The van der Waals surface area contributed by atoms with Crippen LogP contribution in [0.5, 0.6) is 0 Å². The van der Waals surface area contributed by atoms with Crippen LogP contribution in [0.15, 0.2) is 490 Å². The van der Waals surface area contributed by atoms with Gasteiger partial charge in [-0.3, -0.25) is 9.97 Å². The number of nitrogens with zero attached hydrogens (tertiary/aromatic N) is 12. The van der Waals surface area contributed by atoms with Gasteiger partial charge >= 0.3 is 0 Å². The van der Waals surface area contributed by atoms with E-state index in [1.807, 2.05) is 200 Å². The molecule has 0 saturated heterocycles. The van der Waals surface area contributed by atoms with E-state index in [0.717, 1.165) is 189 Å². The van der Waals surface area contributed by atoms with Crippen molar-refractivity contribution in [2.75, 3.05) is 0 Å². The van der Waals surface area contributed by atoms with Gasteiger partial charge in [0.15, 0.2) is 34.9 Å². The second-order valence-corrected chi connectivity index (χ2v) is 33.4. The lowest BCUT2D eigenvalue weighted by Gasteiger charge is -2.16. The Labute approximate surface area is 790 Å². The van der Waals surface area contributed by atoms with Gasteiger partial charge in [0, 0.05) is 119 Å². The molecule has 0 N–H and O–H groups in total. The van der Waals surface area contributed by atoms with Crippen molar-refractivity contribution in [2.24, 2.45) is 0 Å². The van der Waals surface area contributed by atoms with E-state index in [9.17, 15) is 0 Å². The quantitative estimate of drug-likeness (QED) is 0.0839. The minimum absolute atomic E-state index is 0.595. The number of pyridine rings is 6. The van der Waals surface area contributed by atoms with Crippen molar-refractivity contribution in [3.63, 3.8) is 0 Å². The predicted molar refractivity (Wildman–Crippen MR) is 557 cm³/mol. The zero-order valence-corrected chi connectivity index (χ0v) is 74.0. The Bertz CT molecular complexity index is 8240. The molecule has 25 aromatic rings. The van der Waals surface area contributed by atoms with E-state index in [-0.39, 0.29) is 0 Å². The second kappa shape index (κ2) is 37.3. The SMILES string of the molecule is c1ccc(-c2cc(-c3ccc4ccccc4c3)nc3c2ccc2c(-c4ccccc4)cc(-c4ccc5ccccc5c4)nc23)cc1.c1ccc(-c2nc(-c3ccccc3)nc(-c3cccc(-c4cccc(-c5cc(-c6cccnc6)nc(-c6cccnc6)c5)n4)c3)n2)cc1.c1ccc(-c2nc(-c3ccccc3)nc(-c3cccc(-c4cccc(-c5cccc6c5oc5ccccc56)c4)c3)n2)cc1. The maximum atomic E-state index is 6.33. The molecule has 0 unspecified atom stereocenters. The molecule has 0 saturated carbocycles. The molecule has 0 bridgehead atoms. The van der Waals surface area contributed by atoms with Crippen LogP contribution in [-0.4, -0.2) is 59.8 Å². The normalized spacial score (nSPS) is 11.2. The van der Waals surface area contributed by atoms with E-state index in [2.05, 4.69) is 283 Å². The lowest BCUT2D eigenvalue weighted by atomic mass is 9.93. The average Bonchev–Trinajstić information content (AvgIpc) is 1.20. The monoisotopic (exact) mass is 1750 g/mol. The van der Waals surface area contributed by atoms with E-state index >= 15 is 0 Å². The highest BCUT2D eigenvalue weighted by atomic mass is 16.3. The summed E-state index contributed by atoms with van der Waals surface area (Å²) in [5, 5.41) is 9.26. The molecule has 13 heteroatoms. The van der Waals surface area contributed by atoms with Gasteiger partial charge in [0.25, 0.3) is 0 Å². The number of fused-ring (bicyclic) bond motifs is 8. The molecule has 25 rings (SSSR count). The average molecular weight is 1750 g/mol. The fourth-order valence-corrected chi connectivity index (χ4v) is 17.8. The molecule has 0 spiro atoms. The summed E-state index contributed by atoms with van der Waals surface area (Å²) < 4.78 is 6.33. The number of hydrogen-bond acceptors (Lipinski definition) is 13. The highest BCUT2D eigenvalue weighted by molar-refractivity contribution is 6.14. The van der Waals surface area contributed by atoms with Crippen molar-refractivity contribution in [1.29, 1.82) is 0 Å². The molecule has 0 amide bonds. The fourth-order valence-electron chi connectivity index (χ4n) is 17.8. The summed E-state index contributed by atoms with van der Waals surface area (Å²) in [6.07, 6.45) is 7.16. The minimum atomic E-state index is 0.595. The van der Waals surface area contributed by atoms with Crippen molar-refractivity contribution in [1.82, 2.24) is 59.8 Å². The summed E-state index contributed by atoms with van der Waals surface area (Å²) in [5.74, 6) is 3.77. The molecule has 16 aromatic carbocycles. The van der Waals surface area contributed by atoms with Gasteiger partial charge in [-0.05, 0) is 158 Å². The van der Waals surface area contributed by atoms with E-state index in [0.29, 0.717) is 34.9 Å². The van der Waals surface area contributed by atoms with Crippen LogP contribution in [-0.2, 0) is 0 Å². The molecule has 9 aromatic heterocycles. The van der Waals surface area contributed by atoms with Gasteiger partial charge < -0.3 is 4.42 Å². The molecule has 0 radical (unpaired) electrons. The highest BCUT2D eigenvalue weighted by Crippen LogP contribution is 2.44. The Morgan fingerprint density at radius 2 is 0.482 bits per heavy atom. The Balaban J connectivity index is 0.000000115. The number of rotatable bonds is 16. The van der Waals surface area contributed by atoms with E-state index < -0.39 is 0 Å². The summed E-state index contributed by atoms with van der Waals surface area (Å²) in [4.78, 5) is 58.9. The molecule has 13 nitrogen and oxygen atoms in total. The van der Waals surface area contributed by atoms with Crippen LogP contribution in [0.3, 0.4) is 0 Å². The largest absolute Gasteiger partial charge is 0.455 e. The first-order valence-electron chi connectivity index (χ1n) is 45.5. The number of para-hydroxylation sites is 2. The Morgan fingerprint density at radius 3 is 0.942 bits per heavy atom. The molecule has 0 aliphatic heterocycles. The van der Waals surface area contributed by atoms with Crippen molar-refractivity contribution >= 4 is 65.3 Å². The van der Waals surface area contributed by atoms with Gasteiger partial charge in [-0.1, -0.05) is 364 Å². The summed E-state index contributed by atoms with van der Waals surface area (Å²) in [6.45, 7) is 0. The highest BCUT2D eigenvalue weighted by Gasteiger charge is 2.23. The number of aromatic nitrogens is 12. The summed E-state index contributed by atoms with van der Waals surface area (Å²) in [5.41, 5.74) is 29.2. The third-order valence-electron chi connectivity index (χ3n) is 24.7. The van der Waals surface area contributed by atoms with Crippen LogP contribution < -0.4 is 0 Å². The van der Waals surface area contributed by atoms with Crippen LogP contribution in [0.2, 0.25) is 0 Å². The van der Waals surface area contributed by atoms with Gasteiger partial charge in [-0.25, -0.2) is 49.8 Å². The Morgan fingerprint density at radius 1 is 0.153 bits per heavy atom. The van der Waals surface area contributed by atoms with Crippen LogP contribution in [0.4, 0.5) is 0 Å². The predicted octanol–water partition coefficient (Wildman–Crippen LogP) is 31.0. The lowest BCUT2D eigenvalue weighted by Crippen LogP contribution is -2.00. The first kappa shape index (κ1) is 82.7. The molecule has 642 valence electrons. The van der Waals surface area contributed by atoms with Gasteiger partial charge in [-0.15, -0.1) is 0 Å². The van der Waals surface area contributed by atoms with E-state index in [1.54, 1.807) is 12.4 Å². The smallest absolute Gasteiger partial charge is 0.164 e. The van der Waals surface area contributed by atoms with Crippen LogP contribution in [0, 0.1) is 0 Å². The molecule has 9 heterocycles. The van der Waals surface area contributed by atoms with E-state index in [4.69, 9.17) is 54.3 Å². The number of furan rings is 1. The Kier molecular flexibility index (Phi) is 22.5. The summed E-state index contributed by atoms with van der Waals surface area (Å²) in [7, 11) is 0. The maximum Gasteiger partial charge on any atom is 0.164 e. The number of hydrogen-bond donors (Lipinski definition) is 0. The van der Waals surface area contributed by atoms with Crippen molar-refractivity contribution in [3.8, 4) is 180 Å². The standard InChI is InChI=1S/C44H28N2.C41H27N7.C39H25N3O/c1-3-13-31(14-4-1)39-27-41(35-21-19-29-11-7-9-17-33(29)25-35)45-43-37(39)23-24-38-40(32-15-5-2-6-16-32)28-42(46-44(38)43)36-22-20-30-12-8-10-18-34(30)26-36;1-3-11-28(12-4-1)39-46-40(29-13-5-2-6-14-29)48-41(47-39)31-16-7-15-30(23-31)35-19-8-20-36(44-35)34-24-37(32-17-9-21-42-26-32)45-38(25-34)33-18-10-22-43-27-33;1-3-12-26(13-4-1)37-40-38(27-14-5-2-6-15-27)42-39(41-37)31-19-10-17-29(25-31)28-16-9-18-30(24-28)32-21-11-22-34-33-20-7-8-23-35(33)43-36(32)34/h1-28H;1-27H;1-25H. The van der Waals surface area contributed by atoms with Crippen molar-refractivity contribution < 1.29 is 4.42 Å². The molecule has 137 heavy (non-hydrogen) atoms. The number of benzene rings is 16. The van der Waals surface area contributed by atoms with Crippen molar-refractivity contribution in [2.45, 2.75) is 0 Å². The van der Waals surface area contributed by atoms with Gasteiger partial charge in [0.2, 0.25) is 0 Å².